The number of hydrogen-bond donors (Lipinski definition) is 1. The van der Waals surface area contributed by atoms with Crippen molar-refractivity contribution in [2.45, 2.75) is 48.4 Å². The summed E-state index contributed by atoms with van der Waals surface area (Å²) in [6.07, 6.45) is 8.27. The minimum absolute atomic E-state index is 0.594. The van der Waals surface area contributed by atoms with Gasteiger partial charge in [0.05, 0.1) is 5.52 Å². The summed E-state index contributed by atoms with van der Waals surface area (Å²) >= 11 is 1.93. The van der Waals surface area contributed by atoms with E-state index in [0.717, 1.165) is 10.5 Å². The maximum Gasteiger partial charge on any atom is 0.117 e. The Balaban J connectivity index is 1.87. The highest BCUT2D eigenvalue weighted by molar-refractivity contribution is 8.00. The molecule has 1 aliphatic carbocycles. The Morgan fingerprint density at radius 1 is 1.10 bits per heavy atom. The first-order chi connectivity index (χ1) is 9.88. The topological polar surface area (TPSA) is 37.8 Å². The fourth-order valence-electron chi connectivity index (χ4n) is 2.96. The third kappa shape index (κ3) is 2.96. The van der Waals surface area contributed by atoms with E-state index in [1.165, 1.54) is 37.5 Å². The molecule has 0 radical (unpaired) electrons. The third-order valence-electron chi connectivity index (χ3n) is 4.09. The number of thioether (sulfide) groups is 1. The summed E-state index contributed by atoms with van der Waals surface area (Å²) in [6.45, 7) is 0. The molecular formula is C16H21N3S. The van der Waals surface area contributed by atoms with Crippen LogP contribution in [0, 0.1) is 0 Å². The normalized spacial score (nSPS) is 23.6. The molecule has 1 saturated carbocycles. The van der Waals surface area contributed by atoms with Crippen molar-refractivity contribution in [3.05, 3.63) is 30.6 Å². The number of hydrogen-bond acceptors (Lipinski definition) is 4. The molecule has 1 fully saturated rings. The molecule has 0 aliphatic heterocycles. The molecule has 1 aromatic carbocycles. The van der Waals surface area contributed by atoms with E-state index in [4.69, 9.17) is 0 Å². The molecule has 0 saturated heterocycles. The summed E-state index contributed by atoms with van der Waals surface area (Å²) in [7, 11) is 2.08. The van der Waals surface area contributed by atoms with Crippen molar-refractivity contribution in [2.75, 3.05) is 7.05 Å². The average Bonchev–Trinajstić information content (AvgIpc) is 2.72. The van der Waals surface area contributed by atoms with Crippen molar-refractivity contribution in [3.63, 3.8) is 0 Å². The zero-order valence-corrected chi connectivity index (χ0v) is 12.7. The van der Waals surface area contributed by atoms with Gasteiger partial charge in [0, 0.05) is 16.7 Å². The fourth-order valence-corrected chi connectivity index (χ4v) is 4.38. The zero-order valence-electron chi connectivity index (χ0n) is 11.9. The summed E-state index contributed by atoms with van der Waals surface area (Å²) in [5.74, 6) is 0. The van der Waals surface area contributed by atoms with E-state index in [0.29, 0.717) is 11.3 Å². The molecule has 3 nitrogen and oxygen atoms in total. The Morgan fingerprint density at radius 3 is 2.85 bits per heavy atom. The molecule has 106 valence electrons. The largest absolute Gasteiger partial charge is 0.316 e. The predicted octanol–water partition coefficient (Wildman–Crippen LogP) is 3.64. The third-order valence-corrected chi connectivity index (χ3v) is 5.51. The smallest absolute Gasteiger partial charge is 0.117 e. The molecule has 2 unspecified atom stereocenters. The second kappa shape index (κ2) is 6.55. The minimum Gasteiger partial charge on any atom is -0.316 e. The van der Waals surface area contributed by atoms with Crippen molar-refractivity contribution in [2.24, 2.45) is 0 Å². The first-order valence-electron chi connectivity index (χ1n) is 7.42. The molecule has 3 rings (SSSR count). The molecule has 1 N–H and O–H groups in total. The molecule has 2 aromatic rings. The molecule has 1 aromatic heterocycles. The number of nitrogens with one attached hydrogen (secondary N) is 1. The molecule has 0 amide bonds. The van der Waals surface area contributed by atoms with Crippen LogP contribution in [0.4, 0.5) is 0 Å². The number of fused-ring (bicyclic) bond motifs is 1. The second-order valence-electron chi connectivity index (χ2n) is 5.39. The predicted molar refractivity (Wildman–Crippen MR) is 85.1 cm³/mol. The fraction of sp³-hybridized carbons (Fsp3) is 0.500. The Morgan fingerprint density at radius 2 is 1.95 bits per heavy atom. The number of nitrogens with zero attached hydrogens (tertiary/aromatic N) is 2. The van der Waals surface area contributed by atoms with Crippen molar-refractivity contribution in [1.82, 2.24) is 15.3 Å². The number of benzene rings is 1. The first kappa shape index (κ1) is 13.8. The summed E-state index contributed by atoms with van der Waals surface area (Å²) in [5.41, 5.74) is 1.04. The zero-order chi connectivity index (χ0) is 13.8. The molecule has 1 aliphatic rings. The lowest BCUT2D eigenvalue weighted by molar-refractivity contribution is 0.510. The van der Waals surface area contributed by atoms with Crippen molar-refractivity contribution < 1.29 is 0 Å². The molecular weight excluding hydrogens is 266 g/mol. The Bertz CT molecular complexity index is 567. The SMILES string of the molecule is CNC1CCCCCC1Sc1ncnc2ccccc12. The van der Waals surface area contributed by atoms with Gasteiger partial charge in [-0.05, 0) is 26.0 Å². The van der Waals surface area contributed by atoms with Crippen molar-refractivity contribution in [3.8, 4) is 0 Å². The van der Waals surface area contributed by atoms with Gasteiger partial charge in [-0.25, -0.2) is 9.97 Å². The summed E-state index contributed by atoms with van der Waals surface area (Å²) in [5, 5.41) is 6.42. The van der Waals surface area contributed by atoms with Gasteiger partial charge >= 0.3 is 0 Å². The molecule has 0 spiro atoms. The van der Waals surface area contributed by atoms with Crippen LogP contribution < -0.4 is 5.32 Å². The standard InChI is InChI=1S/C16H21N3S/c1-17-14-9-3-2-4-10-15(14)20-16-12-7-5-6-8-13(12)18-11-19-16/h5-8,11,14-15,17H,2-4,9-10H2,1H3. The number of para-hydroxylation sites is 1. The van der Waals surface area contributed by atoms with Crippen LogP contribution in [0.2, 0.25) is 0 Å². The lowest BCUT2D eigenvalue weighted by Gasteiger charge is -2.24. The summed E-state index contributed by atoms with van der Waals surface area (Å²) in [4.78, 5) is 8.88. The summed E-state index contributed by atoms with van der Waals surface area (Å²) < 4.78 is 0. The Kier molecular flexibility index (Phi) is 4.53. The molecule has 1 heterocycles. The second-order valence-corrected chi connectivity index (χ2v) is 6.61. The van der Waals surface area contributed by atoms with E-state index in [9.17, 15) is 0 Å². The highest BCUT2D eigenvalue weighted by Crippen LogP contribution is 2.34. The number of aromatic nitrogens is 2. The van der Waals surface area contributed by atoms with Crippen LogP contribution in [0.15, 0.2) is 35.6 Å². The lowest BCUT2D eigenvalue weighted by Crippen LogP contribution is -2.34. The highest BCUT2D eigenvalue weighted by Gasteiger charge is 2.24. The van der Waals surface area contributed by atoms with Gasteiger partial charge in [-0.3, -0.25) is 0 Å². The van der Waals surface area contributed by atoms with Gasteiger partial charge in [0.1, 0.15) is 11.4 Å². The minimum atomic E-state index is 0.594. The van der Waals surface area contributed by atoms with Gasteiger partial charge in [0.2, 0.25) is 0 Å². The van der Waals surface area contributed by atoms with E-state index in [-0.39, 0.29) is 0 Å². The van der Waals surface area contributed by atoms with Gasteiger partial charge in [0.25, 0.3) is 0 Å². The van der Waals surface area contributed by atoms with Crippen molar-refractivity contribution >= 4 is 22.7 Å². The molecule has 2 atom stereocenters. The highest BCUT2D eigenvalue weighted by atomic mass is 32.2. The monoisotopic (exact) mass is 287 g/mol. The Hall–Kier alpha value is -1.13. The van der Waals surface area contributed by atoms with Crippen LogP contribution in [0.3, 0.4) is 0 Å². The van der Waals surface area contributed by atoms with Crippen molar-refractivity contribution in [1.29, 1.82) is 0 Å². The quantitative estimate of drug-likeness (QED) is 0.691. The molecule has 0 bridgehead atoms. The average molecular weight is 287 g/mol. The van der Waals surface area contributed by atoms with Gasteiger partial charge in [-0.1, -0.05) is 37.5 Å². The van der Waals surface area contributed by atoms with Gasteiger partial charge in [-0.2, -0.15) is 0 Å². The lowest BCUT2D eigenvalue weighted by atomic mass is 10.1. The molecule has 20 heavy (non-hydrogen) atoms. The van der Waals surface area contributed by atoms with Gasteiger partial charge < -0.3 is 5.32 Å². The van der Waals surface area contributed by atoms with Crippen LogP contribution in [0.5, 0.6) is 0 Å². The van der Waals surface area contributed by atoms with Crippen LogP contribution in [-0.4, -0.2) is 28.3 Å². The van der Waals surface area contributed by atoms with Crippen LogP contribution in [0.25, 0.3) is 10.9 Å². The van der Waals surface area contributed by atoms with Gasteiger partial charge in [-0.15, -0.1) is 11.8 Å². The van der Waals surface area contributed by atoms with Crippen LogP contribution in [-0.2, 0) is 0 Å². The van der Waals surface area contributed by atoms with E-state index in [1.807, 2.05) is 17.8 Å². The van der Waals surface area contributed by atoms with Gasteiger partial charge in [0.15, 0.2) is 0 Å². The van der Waals surface area contributed by atoms with Crippen LogP contribution >= 0.6 is 11.8 Å². The Labute approximate surface area is 124 Å². The first-order valence-corrected chi connectivity index (χ1v) is 8.30. The van der Waals surface area contributed by atoms with E-state index in [2.05, 4.69) is 40.5 Å². The maximum atomic E-state index is 4.52. The van der Waals surface area contributed by atoms with E-state index >= 15 is 0 Å². The van der Waals surface area contributed by atoms with E-state index < -0.39 is 0 Å². The number of rotatable bonds is 3. The molecule has 4 heteroatoms. The summed E-state index contributed by atoms with van der Waals surface area (Å²) in [6, 6.07) is 8.88. The maximum absolute atomic E-state index is 4.52. The van der Waals surface area contributed by atoms with E-state index in [1.54, 1.807) is 6.33 Å². The van der Waals surface area contributed by atoms with Crippen LogP contribution in [0.1, 0.15) is 32.1 Å².